The first-order chi connectivity index (χ1) is 16.9. The molecule has 0 radical (unpaired) electrons. The summed E-state index contributed by atoms with van der Waals surface area (Å²) in [7, 11) is 0. The van der Waals surface area contributed by atoms with E-state index in [1.54, 1.807) is 43.3 Å². The number of anilines is 1. The Hall–Kier alpha value is -4.73. The molecule has 1 fully saturated rings. The molecule has 3 aromatic carbocycles. The second-order valence-electron chi connectivity index (χ2n) is 7.41. The van der Waals surface area contributed by atoms with Crippen LogP contribution in [0.25, 0.3) is 6.08 Å². The van der Waals surface area contributed by atoms with E-state index in [1.165, 1.54) is 30.3 Å². The zero-order valence-electron chi connectivity index (χ0n) is 18.6. The number of nitrogens with zero attached hydrogens (tertiary/aromatic N) is 2. The average molecular weight is 477 g/mol. The molecule has 0 spiro atoms. The fourth-order valence-electron chi connectivity index (χ4n) is 3.48. The molecule has 3 aromatic rings. The van der Waals surface area contributed by atoms with E-state index in [1.807, 2.05) is 0 Å². The average Bonchev–Trinajstić information content (AvgIpc) is 3.13. The van der Waals surface area contributed by atoms with Gasteiger partial charge in [0.2, 0.25) is 5.75 Å². The van der Waals surface area contributed by atoms with E-state index in [0.29, 0.717) is 5.69 Å². The van der Waals surface area contributed by atoms with Crippen molar-refractivity contribution in [1.29, 1.82) is 0 Å². The van der Waals surface area contributed by atoms with Crippen molar-refractivity contribution < 1.29 is 28.4 Å². The van der Waals surface area contributed by atoms with E-state index in [2.05, 4.69) is 5.43 Å². The van der Waals surface area contributed by atoms with Crippen LogP contribution in [-0.2, 0) is 16.2 Å². The number of nitro groups is 1. The molecule has 178 valence electrons. The Kier molecular flexibility index (Phi) is 6.72. The van der Waals surface area contributed by atoms with Gasteiger partial charge in [0.05, 0.1) is 17.2 Å². The van der Waals surface area contributed by atoms with Gasteiger partial charge in [-0.15, -0.1) is 0 Å². The lowest BCUT2D eigenvalue weighted by Crippen LogP contribution is -2.35. The minimum absolute atomic E-state index is 0.0238. The molecule has 10 heteroatoms. The monoisotopic (exact) mass is 477 g/mol. The number of rotatable bonds is 8. The van der Waals surface area contributed by atoms with Crippen LogP contribution in [0.3, 0.4) is 0 Å². The smallest absolute Gasteiger partial charge is 0.315 e. The van der Waals surface area contributed by atoms with Gasteiger partial charge in [-0.1, -0.05) is 36.4 Å². The number of benzene rings is 3. The third kappa shape index (κ3) is 4.96. The summed E-state index contributed by atoms with van der Waals surface area (Å²) in [6.45, 7) is 1.58. The van der Waals surface area contributed by atoms with Gasteiger partial charge in [-0.3, -0.25) is 25.1 Å². The number of hydrogen-bond acceptors (Lipinski definition) is 6. The Balaban J connectivity index is 1.70. The maximum Gasteiger partial charge on any atom is 0.315 e. The number of amides is 2. The summed E-state index contributed by atoms with van der Waals surface area (Å²) in [5.74, 6) is -1.93. The van der Waals surface area contributed by atoms with Gasteiger partial charge in [0.1, 0.15) is 18.0 Å². The van der Waals surface area contributed by atoms with Crippen molar-refractivity contribution in [1.82, 2.24) is 5.43 Å². The number of para-hydroxylation sites is 1. The van der Waals surface area contributed by atoms with E-state index >= 15 is 0 Å². The Morgan fingerprint density at radius 3 is 2.46 bits per heavy atom. The zero-order valence-corrected chi connectivity index (χ0v) is 18.6. The molecule has 0 aromatic heterocycles. The van der Waals surface area contributed by atoms with E-state index in [-0.39, 0.29) is 41.4 Å². The highest BCUT2D eigenvalue weighted by Crippen LogP contribution is 2.40. The lowest BCUT2D eigenvalue weighted by atomic mass is 10.1. The molecule has 1 aliphatic heterocycles. The molecule has 1 N–H and O–H groups in total. The van der Waals surface area contributed by atoms with Gasteiger partial charge in [-0.25, -0.2) is 9.40 Å². The summed E-state index contributed by atoms with van der Waals surface area (Å²) < 4.78 is 25.1. The summed E-state index contributed by atoms with van der Waals surface area (Å²) in [5, 5.41) is 12.9. The fraction of sp³-hybridized carbons (Fsp3) is 0.120. The first kappa shape index (κ1) is 23.4. The molecule has 1 heterocycles. The summed E-state index contributed by atoms with van der Waals surface area (Å²) in [6.07, 6.45) is 1.25. The third-order valence-corrected chi connectivity index (χ3v) is 5.10. The van der Waals surface area contributed by atoms with E-state index in [9.17, 15) is 24.1 Å². The minimum Gasteiger partial charge on any atom is -0.490 e. The van der Waals surface area contributed by atoms with Crippen molar-refractivity contribution >= 4 is 29.3 Å². The SMILES string of the molecule is CCOc1cc(/C=C2/C(=O)NN(c3ccccc3)C2=O)cc([N+](=O)[O-])c1OCc1ccccc1F. The lowest BCUT2D eigenvalue weighted by Gasteiger charge is -2.14. The molecule has 1 saturated heterocycles. The van der Waals surface area contributed by atoms with Crippen molar-refractivity contribution in [3.63, 3.8) is 0 Å². The topological polar surface area (TPSA) is 111 Å². The van der Waals surface area contributed by atoms with Crippen LogP contribution in [0.1, 0.15) is 18.1 Å². The number of hydrazine groups is 1. The van der Waals surface area contributed by atoms with Gasteiger partial charge in [0.25, 0.3) is 11.8 Å². The van der Waals surface area contributed by atoms with Gasteiger partial charge in [-0.2, -0.15) is 0 Å². The van der Waals surface area contributed by atoms with Crippen molar-refractivity contribution in [2.24, 2.45) is 0 Å². The quantitative estimate of drug-likeness (QED) is 0.226. The van der Waals surface area contributed by atoms with Crippen LogP contribution < -0.4 is 19.9 Å². The molecule has 0 atom stereocenters. The Bertz CT molecular complexity index is 1330. The van der Waals surface area contributed by atoms with Gasteiger partial charge in [-0.05, 0) is 42.8 Å². The summed E-state index contributed by atoms with van der Waals surface area (Å²) in [6, 6.07) is 17.0. The minimum atomic E-state index is -0.673. The van der Waals surface area contributed by atoms with Crippen molar-refractivity contribution in [2.45, 2.75) is 13.5 Å². The van der Waals surface area contributed by atoms with Crippen molar-refractivity contribution in [3.05, 3.63) is 99.4 Å². The summed E-state index contributed by atoms with van der Waals surface area (Å²) in [4.78, 5) is 36.5. The molecular formula is C25H20FN3O6. The second kappa shape index (κ2) is 10.0. The molecule has 0 aliphatic carbocycles. The maximum atomic E-state index is 14.0. The van der Waals surface area contributed by atoms with Crippen LogP contribution in [0, 0.1) is 15.9 Å². The first-order valence-corrected chi connectivity index (χ1v) is 10.6. The predicted octanol–water partition coefficient (Wildman–Crippen LogP) is 4.17. The number of carbonyl (C=O) groups is 2. The molecule has 9 nitrogen and oxygen atoms in total. The third-order valence-electron chi connectivity index (χ3n) is 5.10. The van der Waals surface area contributed by atoms with E-state index < -0.39 is 28.2 Å². The Morgan fingerprint density at radius 1 is 1.06 bits per heavy atom. The number of nitrogens with one attached hydrogen (secondary N) is 1. The highest BCUT2D eigenvalue weighted by atomic mass is 19.1. The van der Waals surface area contributed by atoms with Crippen molar-refractivity contribution in [2.75, 3.05) is 11.6 Å². The molecule has 35 heavy (non-hydrogen) atoms. The molecule has 0 bridgehead atoms. The molecule has 0 saturated carbocycles. The van der Waals surface area contributed by atoms with Crippen LogP contribution in [0.2, 0.25) is 0 Å². The number of carbonyl (C=O) groups excluding carboxylic acids is 2. The highest BCUT2D eigenvalue weighted by molar-refractivity contribution is 6.31. The normalized spacial score (nSPS) is 14.2. The fourth-order valence-corrected chi connectivity index (χ4v) is 3.48. The largest absolute Gasteiger partial charge is 0.490 e. The zero-order chi connectivity index (χ0) is 24.9. The lowest BCUT2D eigenvalue weighted by molar-refractivity contribution is -0.386. The first-order valence-electron chi connectivity index (χ1n) is 10.6. The van der Waals surface area contributed by atoms with Crippen molar-refractivity contribution in [3.8, 4) is 11.5 Å². The molecular weight excluding hydrogens is 457 g/mol. The van der Waals surface area contributed by atoms with Gasteiger partial charge in [0, 0.05) is 11.6 Å². The second-order valence-corrected chi connectivity index (χ2v) is 7.41. The number of hydrogen-bond donors (Lipinski definition) is 1. The summed E-state index contributed by atoms with van der Waals surface area (Å²) >= 11 is 0. The number of halogens is 1. The number of ether oxygens (including phenoxy) is 2. The standard InChI is InChI=1S/C25H20FN3O6/c1-2-34-22-14-16(12-19-24(30)27-28(25(19)31)18-9-4-3-5-10-18)13-21(29(32)33)23(22)35-15-17-8-6-7-11-20(17)26/h3-14H,2,15H2,1H3,(H,27,30)/b19-12-. The van der Waals surface area contributed by atoms with Gasteiger partial charge < -0.3 is 9.47 Å². The van der Waals surface area contributed by atoms with Gasteiger partial charge >= 0.3 is 5.69 Å². The van der Waals surface area contributed by atoms with Crippen LogP contribution >= 0.6 is 0 Å². The summed E-state index contributed by atoms with van der Waals surface area (Å²) in [5.41, 5.74) is 2.68. The number of nitro benzene ring substituents is 1. The van der Waals surface area contributed by atoms with Crippen LogP contribution in [0.4, 0.5) is 15.8 Å². The molecule has 2 amide bonds. The van der Waals surface area contributed by atoms with Gasteiger partial charge in [0.15, 0.2) is 5.75 Å². The molecule has 4 rings (SSSR count). The Morgan fingerprint density at radius 2 is 1.77 bits per heavy atom. The van der Waals surface area contributed by atoms with E-state index in [0.717, 1.165) is 11.1 Å². The Labute approximate surface area is 199 Å². The van der Waals surface area contributed by atoms with Crippen LogP contribution in [0.15, 0.2) is 72.3 Å². The van der Waals surface area contributed by atoms with Crippen LogP contribution in [0.5, 0.6) is 11.5 Å². The molecule has 0 unspecified atom stereocenters. The maximum absolute atomic E-state index is 14.0. The highest BCUT2D eigenvalue weighted by Gasteiger charge is 2.34. The predicted molar refractivity (Wildman–Crippen MR) is 125 cm³/mol. The van der Waals surface area contributed by atoms with Crippen LogP contribution in [-0.4, -0.2) is 23.3 Å². The van der Waals surface area contributed by atoms with E-state index in [4.69, 9.17) is 9.47 Å². The molecule has 1 aliphatic rings.